The third-order valence-corrected chi connectivity index (χ3v) is 1.89. The van der Waals surface area contributed by atoms with Gasteiger partial charge in [0.05, 0.1) is 6.21 Å². The number of benzene rings is 1. The molecule has 3 N–H and O–H groups in total. The Balaban J connectivity index is 2.28. The minimum absolute atomic E-state index is 0.695. The first-order valence-corrected chi connectivity index (χ1v) is 4.32. The van der Waals surface area contributed by atoms with Gasteiger partial charge in [0.1, 0.15) is 11.8 Å². The Morgan fingerprint density at radius 1 is 1.47 bits per heavy atom. The van der Waals surface area contributed by atoms with Crippen LogP contribution in [0.25, 0.3) is 11.0 Å². The predicted molar refractivity (Wildman–Crippen MR) is 56.5 cm³/mol. The number of carbonyl (C=O) groups excluding carboxylic acids is 1. The quantitative estimate of drug-likeness (QED) is 0.572. The van der Waals surface area contributed by atoms with Crippen LogP contribution in [0.3, 0.4) is 0 Å². The second kappa shape index (κ2) is 3.83. The highest BCUT2D eigenvalue weighted by molar-refractivity contribution is 5.97. The Labute approximate surface area is 85.6 Å². The Morgan fingerprint density at radius 2 is 2.27 bits per heavy atom. The molecule has 0 bridgehead atoms. The lowest BCUT2D eigenvalue weighted by Gasteiger charge is -1.90. The minimum Gasteiger partial charge on any atom is -0.464 e. The maximum atomic E-state index is 10.4. The van der Waals surface area contributed by atoms with Crippen molar-refractivity contribution in [2.24, 2.45) is 10.8 Å². The van der Waals surface area contributed by atoms with E-state index < -0.39 is 6.03 Å². The first-order valence-electron chi connectivity index (χ1n) is 4.32. The molecule has 0 atom stereocenters. The summed E-state index contributed by atoms with van der Waals surface area (Å²) in [6.45, 7) is 0. The average molecular weight is 203 g/mol. The smallest absolute Gasteiger partial charge is 0.332 e. The van der Waals surface area contributed by atoms with Crippen LogP contribution in [0.15, 0.2) is 40.0 Å². The molecule has 1 heterocycles. The third-order valence-electron chi connectivity index (χ3n) is 1.89. The van der Waals surface area contributed by atoms with Crippen LogP contribution in [-0.2, 0) is 0 Å². The molecule has 0 saturated heterocycles. The van der Waals surface area contributed by atoms with Crippen molar-refractivity contribution in [1.82, 2.24) is 5.43 Å². The summed E-state index contributed by atoms with van der Waals surface area (Å²) in [5, 5.41) is 4.59. The van der Waals surface area contributed by atoms with Gasteiger partial charge in [0.25, 0.3) is 0 Å². The van der Waals surface area contributed by atoms with Crippen molar-refractivity contribution in [3.8, 4) is 0 Å². The molecule has 0 aliphatic rings. The van der Waals surface area contributed by atoms with E-state index in [4.69, 9.17) is 10.2 Å². The fourth-order valence-electron chi connectivity index (χ4n) is 1.26. The fourth-order valence-corrected chi connectivity index (χ4v) is 1.26. The molecule has 2 rings (SSSR count). The number of urea groups is 1. The number of hydrogen-bond acceptors (Lipinski definition) is 3. The van der Waals surface area contributed by atoms with Crippen LogP contribution in [-0.4, -0.2) is 12.2 Å². The maximum absolute atomic E-state index is 10.4. The number of fused-ring (bicyclic) bond motifs is 1. The summed E-state index contributed by atoms with van der Waals surface area (Å²) in [4.78, 5) is 10.4. The zero-order chi connectivity index (χ0) is 10.7. The number of nitrogens with zero attached hydrogens (tertiary/aromatic N) is 1. The Morgan fingerprint density at radius 3 is 3.07 bits per heavy atom. The predicted octanol–water partition coefficient (Wildman–Crippen LogP) is 1.43. The van der Waals surface area contributed by atoms with Crippen LogP contribution >= 0.6 is 0 Å². The minimum atomic E-state index is -0.695. The number of primary amides is 1. The fraction of sp³-hybridized carbons (Fsp3) is 0. The molecule has 76 valence electrons. The topological polar surface area (TPSA) is 80.6 Å². The van der Waals surface area contributed by atoms with Gasteiger partial charge in [0, 0.05) is 10.9 Å². The average Bonchev–Trinajstić information content (AvgIpc) is 2.62. The van der Waals surface area contributed by atoms with Crippen LogP contribution in [0.5, 0.6) is 0 Å². The molecular weight excluding hydrogens is 194 g/mol. The van der Waals surface area contributed by atoms with E-state index in [-0.39, 0.29) is 0 Å². The van der Waals surface area contributed by atoms with Gasteiger partial charge in [-0.3, -0.25) is 0 Å². The van der Waals surface area contributed by atoms with Crippen LogP contribution in [0.2, 0.25) is 0 Å². The second-order valence-electron chi connectivity index (χ2n) is 2.92. The highest BCUT2D eigenvalue weighted by Gasteiger charge is 2.01. The molecule has 0 aliphatic carbocycles. The standard InChI is InChI=1S/C10H9N3O2/c11-10(14)13-12-5-7-6-15-9-4-2-1-3-8(7)9/h1-6H,(H3,11,13,14)/b12-5+. The summed E-state index contributed by atoms with van der Waals surface area (Å²) in [6, 6.07) is 6.85. The molecule has 5 heteroatoms. The highest BCUT2D eigenvalue weighted by Crippen LogP contribution is 2.18. The lowest BCUT2D eigenvalue weighted by atomic mass is 10.2. The van der Waals surface area contributed by atoms with Crippen molar-refractivity contribution in [2.45, 2.75) is 0 Å². The number of amides is 2. The number of nitrogens with one attached hydrogen (secondary N) is 1. The molecule has 1 aromatic carbocycles. The van der Waals surface area contributed by atoms with E-state index in [0.29, 0.717) is 0 Å². The van der Waals surface area contributed by atoms with E-state index >= 15 is 0 Å². The summed E-state index contributed by atoms with van der Waals surface area (Å²) in [5.41, 5.74) is 8.54. The molecule has 0 radical (unpaired) electrons. The number of hydrazone groups is 1. The summed E-state index contributed by atoms with van der Waals surface area (Å²) < 4.78 is 5.27. The van der Waals surface area contributed by atoms with Crippen molar-refractivity contribution in [3.63, 3.8) is 0 Å². The van der Waals surface area contributed by atoms with Crippen LogP contribution in [0.4, 0.5) is 4.79 Å². The Kier molecular flexibility index (Phi) is 2.37. The molecule has 2 amide bonds. The SMILES string of the molecule is NC(=O)N/N=C/c1coc2ccccc12. The summed E-state index contributed by atoms with van der Waals surface area (Å²) in [6.07, 6.45) is 3.05. The molecule has 0 aliphatic heterocycles. The van der Waals surface area contributed by atoms with Crippen LogP contribution < -0.4 is 11.2 Å². The molecule has 0 spiro atoms. The largest absolute Gasteiger partial charge is 0.464 e. The van der Waals surface area contributed by atoms with Crippen molar-refractivity contribution in [2.75, 3.05) is 0 Å². The van der Waals surface area contributed by atoms with Gasteiger partial charge >= 0.3 is 6.03 Å². The summed E-state index contributed by atoms with van der Waals surface area (Å²) in [5.74, 6) is 0. The Bertz CT molecular complexity index is 516. The lowest BCUT2D eigenvalue weighted by Crippen LogP contribution is -2.24. The van der Waals surface area contributed by atoms with Crippen molar-refractivity contribution >= 4 is 23.2 Å². The van der Waals surface area contributed by atoms with Crippen molar-refractivity contribution in [3.05, 3.63) is 36.1 Å². The van der Waals surface area contributed by atoms with Gasteiger partial charge in [-0.2, -0.15) is 5.10 Å². The van der Waals surface area contributed by atoms with E-state index in [1.54, 1.807) is 6.26 Å². The summed E-state index contributed by atoms with van der Waals surface area (Å²) >= 11 is 0. The lowest BCUT2D eigenvalue weighted by molar-refractivity contribution is 0.249. The van der Waals surface area contributed by atoms with Gasteiger partial charge in [-0.15, -0.1) is 0 Å². The number of para-hydroxylation sites is 1. The van der Waals surface area contributed by atoms with E-state index in [9.17, 15) is 4.79 Å². The van der Waals surface area contributed by atoms with E-state index in [1.807, 2.05) is 24.3 Å². The first kappa shape index (κ1) is 9.26. The van der Waals surface area contributed by atoms with Gasteiger partial charge < -0.3 is 10.2 Å². The second-order valence-corrected chi connectivity index (χ2v) is 2.92. The van der Waals surface area contributed by atoms with Crippen molar-refractivity contribution < 1.29 is 9.21 Å². The summed E-state index contributed by atoms with van der Waals surface area (Å²) in [7, 11) is 0. The molecule has 15 heavy (non-hydrogen) atoms. The number of furan rings is 1. The number of carbonyl (C=O) groups is 1. The number of hydrogen-bond donors (Lipinski definition) is 2. The molecule has 1 aromatic heterocycles. The third kappa shape index (κ3) is 1.96. The molecule has 2 aromatic rings. The van der Waals surface area contributed by atoms with Crippen molar-refractivity contribution in [1.29, 1.82) is 0 Å². The zero-order valence-corrected chi connectivity index (χ0v) is 7.81. The number of nitrogens with two attached hydrogens (primary N) is 1. The van der Waals surface area contributed by atoms with Gasteiger partial charge in [-0.1, -0.05) is 18.2 Å². The van der Waals surface area contributed by atoms with E-state index in [0.717, 1.165) is 16.5 Å². The monoisotopic (exact) mass is 203 g/mol. The molecule has 0 unspecified atom stereocenters. The highest BCUT2D eigenvalue weighted by atomic mass is 16.3. The van der Waals surface area contributed by atoms with Crippen LogP contribution in [0, 0.1) is 0 Å². The Hall–Kier alpha value is -2.30. The maximum Gasteiger partial charge on any atom is 0.332 e. The zero-order valence-electron chi connectivity index (χ0n) is 7.81. The molecule has 0 fully saturated rings. The normalized spacial score (nSPS) is 10.9. The molecule has 5 nitrogen and oxygen atoms in total. The first-order chi connectivity index (χ1) is 7.27. The van der Waals surface area contributed by atoms with Crippen LogP contribution in [0.1, 0.15) is 5.56 Å². The van der Waals surface area contributed by atoms with E-state index in [1.165, 1.54) is 6.21 Å². The molecule has 0 saturated carbocycles. The van der Waals surface area contributed by atoms with Gasteiger partial charge in [-0.05, 0) is 6.07 Å². The molecular formula is C10H9N3O2. The van der Waals surface area contributed by atoms with E-state index in [2.05, 4.69) is 10.5 Å². The number of rotatable bonds is 2. The van der Waals surface area contributed by atoms with Gasteiger partial charge in [0.2, 0.25) is 0 Å². The van der Waals surface area contributed by atoms with Gasteiger partial charge in [0.15, 0.2) is 0 Å². The van der Waals surface area contributed by atoms with Gasteiger partial charge in [-0.25, -0.2) is 10.2 Å².